The lowest BCUT2D eigenvalue weighted by atomic mass is 10.2. The molecule has 8 heteroatoms. The van der Waals surface area contributed by atoms with E-state index in [0.29, 0.717) is 29.4 Å². The third kappa shape index (κ3) is 6.44. The lowest BCUT2D eigenvalue weighted by Crippen LogP contribution is -2.48. The van der Waals surface area contributed by atoms with Crippen LogP contribution in [0.1, 0.15) is 11.1 Å². The van der Waals surface area contributed by atoms with Gasteiger partial charge in [0.05, 0.1) is 34.1 Å². The molecule has 1 N–H and O–H groups in total. The lowest BCUT2D eigenvalue weighted by Gasteiger charge is -2.34. The first-order valence-corrected chi connectivity index (χ1v) is 10.2. The second-order valence-electron chi connectivity index (χ2n) is 7.28. The Bertz CT molecular complexity index is 881. The van der Waals surface area contributed by atoms with E-state index in [9.17, 15) is 4.79 Å². The highest BCUT2D eigenvalue weighted by Crippen LogP contribution is 2.33. The number of nitrogens with one attached hydrogen (secondary N) is 1. The molecular formula is C23H30N4O4. The third-order valence-corrected chi connectivity index (χ3v) is 5.21. The van der Waals surface area contributed by atoms with Crippen LogP contribution in [0.2, 0.25) is 0 Å². The zero-order valence-corrected chi connectivity index (χ0v) is 18.3. The van der Waals surface area contributed by atoms with E-state index in [4.69, 9.17) is 14.2 Å². The van der Waals surface area contributed by atoms with E-state index in [1.54, 1.807) is 33.5 Å². The van der Waals surface area contributed by atoms with Crippen molar-refractivity contribution in [2.24, 2.45) is 5.10 Å². The topological polar surface area (TPSA) is 75.6 Å². The molecule has 8 nitrogen and oxygen atoms in total. The molecule has 1 saturated heterocycles. The average molecular weight is 427 g/mol. The van der Waals surface area contributed by atoms with E-state index in [0.717, 1.165) is 32.7 Å². The van der Waals surface area contributed by atoms with Crippen molar-refractivity contribution in [3.05, 3.63) is 53.6 Å². The summed E-state index contributed by atoms with van der Waals surface area (Å²) in [7, 11) is 4.69. The van der Waals surface area contributed by atoms with Crippen molar-refractivity contribution in [3.63, 3.8) is 0 Å². The molecule has 166 valence electrons. The molecule has 1 heterocycles. The lowest BCUT2D eigenvalue weighted by molar-refractivity contribution is -0.122. The van der Waals surface area contributed by atoms with Gasteiger partial charge in [-0.25, -0.2) is 5.43 Å². The molecule has 0 atom stereocenters. The van der Waals surface area contributed by atoms with Crippen LogP contribution in [0.25, 0.3) is 0 Å². The fraction of sp³-hybridized carbons (Fsp3) is 0.391. The number of hydrogen-bond acceptors (Lipinski definition) is 7. The van der Waals surface area contributed by atoms with Gasteiger partial charge in [-0.1, -0.05) is 30.3 Å². The molecular weight excluding hydrogens is 396 g/mol. The molecule has 0 aliphatic carbocycles. The SMILES string of the molecule is COc1cc(OC)c(OC)cc1C=NNC(=O)CN1CCN(Cc2ccccc2)CC1. The number of benzene rings is 2. The van der Waals surface area contributed by atoms with Gasteiger partial charge in [0.1, 0.15) is 5.75 Å². The Morgan fingerprint density at radius 1 is 0.935 bits per heavy atom. The van der Waals surface area contributed by atoms with Crippen LogP contribution in [0.5, 0.6) is 17.2 Å². The van der Waals surface area contributed by atoms with Crippen LogP contribution < -0.4 is 19.6 Å². The van der Waals surface area contributed by atoms with Gasteiger partial charge in [0, 0.05) is 44.4 Å². The Labute approximate surface area is 183 Å². The van der Waals surface area contributed by atoms with Crippen molar-refractivity contribution in [2.45, 2.75) is 6.54 Å². The van der Waals surface area contributed by atoms with Crippen molar-refractivity contribution in [2.75, 3.05) is 54.1 Å². The minimum absolute atomic E-state index is 0.146. The summed E-state index contributed by atoms with van der Waals surface area (Å²) < 4.78 is 16.0. The van der Waals surface area contributed by atoms with Gasteiger partial charge in [-0.2, -0.15) is 5.10 Å². The standard InChI is InChI=1S/C23H30N4O4/c1-29-20-14-22(31-3)21(30-2)13-19(20)15-24-25-23(28)17-27-11-9-26(10-12-27)16-18-7-5-4-6-8-18/h4-8,13-15H,9-12,16-17H2,1-3H3,(H,25,28). The van der Waals surface area contributed by atoms with Crippen molar-refractivity contribution in [1.82, 2.24) is 15.2 Å². The van der Waals surface area contributed by atoms with Crippen molar-refractivity contribution in [1.29, 1.82) is 0 Å². The van der Waals surface area contributed by atoms with E-state index in [-0.39, 0.29) is 5.91 Å². The van der Waals surface area contributed by atoms with Crippen LogP contribution in [0.4, 0.5) is 0 Å². The number of carbonyl (C=O) groups excluding carboxylic acids is 1. The number of methoxy groups -OCH3 is 3. The molecule has 2 aromatic rings. The van der Waals surface area contributed by atoms with Gasteiger partial charge in [-0.15, -0.1) is 0 Å². The average Bonchev–Trinajstić information content (AvgIpc) is 2.80. The molecule has 0 saturated carbocycles. The minimum atomic E-state index is -0.146. The maximum atomic E-state index is 12.3. The number of ether oxygens (including phenoxy) is 3. The van der Waals surface area contributed by atoms with Gasteiger partial charge in [0.25, 0.3) is 5.91 Å². The second kappa shape index (κ2) is 11.3. The Morgan fingerprint density at radius 3 is 2.19 bits per heavy atom. The Kier molecular flexibility index (Phi) is 8.26. The van der Waals surface area contributed by atoms with E-state index in [1.165, 1.54) is 11.8 Å². The summed E-state index contributed by atoms with van der Waals surface area (Å²) in [6.07, 6.45) is 1.54. The number of hydrogen-bond donors (Lipinski definition) is 1. The molecule has 0 unspecified atom stereocenters. The first kappa shape index (κ1) is 22.6. The molecule has 3 rings (SSSR count). The summed E-state index contributed by atoms with van der Waals surface area (Å²) in [5.41, 5.74) is 4.58. The predicted octanol–water partition coefficient (Wildman–Crippen LogP) is 1.98. The van der Waals surface area contributed by atoms with Gasteiger partial charge in [0.15, 0.2) is 11.5 Å². The molecule has 0 spiro atoms. The predicted molar refractivity (Wildman–Crippen MR) is 120 cm³/mol. The molecule has 0 aromatic heterocycles. The van der Waals surface area contributed by atoms with Crippen LogP contribution in [-0.4, -0.2) is 76.0 Å². The summed E-state index contributed by atoms with van der Waals surface area (Å²) in [6, 6.07) is 13.9. The third-order valence-electron chi connectivity index (χ3n) is 5.21. The molecule has 1 fully saturated rings. The van der Waals surface area contributed by atoms with Crippen molar-refractivity contribution >= 4 is 12.1 Å². The molecule has 0 radical (unpaired) electrons. The summed E-state index contributed by atoms with van der Waals surface area (Å²) in [5, 5.41) is 4.08. The van der Waals surface area contributed by atoms with Gasteiger partial charge in [0.2, 0.25) is 0 Å². The van der Waals surface area contributed by atoms with E-state index in [1.807, 2.05) is 6.07 Å². The maximum Gasteiger partial charge on any atom is 0.254 e. The van der Waals surface area contributed by atoms with Crippen molar-refractivity contribution in [3.8, 4) is 17.2 Å². The zero-order valence-electron chi connectivity index (χ0n) is 18.3. The number of nitrogens with zero attached hydrogens (tertiary/aromatic N) is 3. The monoisotopic (exact) mass is 426 g/mol. The zero-order chi connectivity index (χ0) is 22.1. The van der Waals surface area contributed by atoms with Crippen LogP contribution in [-0.2, 0) is 11.3 Å². The molecule has 0 bridgehead atoms. The Hall–Kier alpha value is -3.10. The van der Waals surface area contributed by atoms with E-state index in [2.05, 4.69) is 44.6 Å². The number of rotatable bonds is 9. The fourth-order valence-corrected chi connectivity index (χ4v) is 3.51. The van der Waals surface area contributed by atoms with Gasteiger partial charge in [-0.3, -0.25) is 14.6 Å². The second-order valence-corrected chi connectivity index (χ2v) is 7.28. The normalized spacial score (nSPS) is 15.1. The largest absolute Gasteiger partial charge is 0.496 e. The highest BCUT2D eigenvalue weighted by molar-refractivity contribution is 5.86. The summed E-state index contributed by atoms with van der Waals surface area (Å²) in [4.78, 5) is 16.8. The molecule has 1 amide bonds. The Morgan fingerprint density at radius 2 is 1.55 bits per heavy atom. The fourth-order valence-electron chi connectivity index (χ4n) is 3.51. The van der Waals surface area contributed by atoms with Gasteiger partial charge >= 0.3 is 0 Å². The highest BCUT2D eigenvalue weighted by Gasteiger charge is 2.19. The highest BCUT2D eigenvalue weighted by atomic mass is 16.5. The molecule has 1 aliphatic rings. The van der Waals surface area contributed by atoms with E-state index < -0.39 is 0 Å². The van der Waals surface area contributed by atoms with Gasteiger partial charge < -0.3 is 14.2 Å². The summed E-state index contributed by atoms with van der Waals surface area (Å²) >= 11 is 0. The van der Waals surface area contributed by atoms with Crippen LogP contribution in [0.15, 0.2) is 47.6 Å². The number of carbonyl (C=O) groups is 1. The maximum absolute atomic E-state index is 12.3. The molecule has 2 aromatic carbocycles. The van der Waals surface area contributed by atoms with E-state index >= 15 is 0 Å². The van der Waals surface area contributed by atoms with Crippen molar-refractivity contribution < 1.29 is 19.0 Å². The summed E-state index contributed by atoms with van der Waals surface area (Å²) in [6.45, 7) is 4.85. The van der Waals surface area contributed by atoms with Gasteiger partial charge in [-0.05, 0) is 11.6 Å². The molecule has 31 heavy (non-hydrogen) atoms. The summed E-state index contributed by atoms with van der Waals surface area (Å²) in [5.74, 6) is 1.55. The first-order chi connectivity index (χ1) is 15.1. The molecule has 1 aliphatic heterocycles. The quantitative estimate of drug-likeness (QED) is 0.488. The first-order valence-electron chi connectivity index (χ1n) is 10.2. The smallest absolute Gasteiger partial charge is 0.254 e. The van der Waals surface area contributed by atoms with Crippen LogP contribution in [0.3, 0.4) is 0 Å². The van der Waals surface area contributed by atoms with Crippen LogP contribution in [0, 0.1) is 0 Å². The number of amides is 1. The minimum Gasteiger partial charge on any atom is -0.496 e. The number of hydrazone groups is 1. The number of piperazine rings is 1. The Balaban J connectivity index is 1.47. The van der Waals surface area contributed by atoms with Crippen LogP contribution >= 0.6 is 0 Å².